The van der Waals surface area contributed by atoms with Crippen molar-refractivity contribution in [1.82, 2.24) is 34.6 Å². The van der Waals surface area contributed by atoms with Gasteiger partial charge in [-0.1, -0.05) is 12.1 Å². The highest BCUT2D eigenvalue weighted by molar-refractivity contribution is 5.45. The molecule has 1 aromatic carbocycles. The lowest BCUT2D eigenvalue weighted by Gasteiger charge is -2.12. The number of methoxy groups -OCH3 is 1. The molecule has 0 aliphatic carbocycles. The minimum atomic E-state index is -0.329. The second-order valence-electron chi connectivity index (χ2n) is 6.74. The molecule has 3 heterocycles. The van der Waals surface area contributed by atoms with Gasteiger partial charge in [-0.2, -0.15) is 9.36 Å². The molecule has 10 heteroatoms. The highest BCUT2D eigenvalue weighted by atomic mass is 16.5. The third-order valence-electron chi connectivity index (χ3n) is 4.68. The molecule has 0 N–H and O–H groups in total. The van der Waals surface area contributed by atoms with Crippen molar-refractivity contribution in [2.45, 2.75) is 20.5 Å². The van der Waals surface area contributed by atoms with Crippen LogP contribution in [0.2, 0.25) is 0 Å². The van der Waals surface area contributed by atoms with E-state index in [1.165, 1.54) is 9.36 Å². The van der Waals surface area contributed by atoms with E-state index in [-0.39, 0.29) is 12.3 Å². The maximum absolute atomic E-state index is 12.3. The summed E-state index contributed by atoms with van der Waals surface area (Å²) < 4.78 is 15.4. The van der Waals surface area contributed by atoms with Crippen LogP contribution in [0.15, 0.2) is 47.4 Å². The number of aryl methyl sites for hydroxylation is 3. The minimum absolute atomic E-state index is 0.214. The van der Waals surface area contributed by atoms with E-state index in [1.807, 2.05) is 44.2 Å². The number of tetrazole rings is 1. The van der Waals surface area contributed by atoms with Crippen molar-refractivity contribution in [1.29, 1.82) is 0 Å². The van der Waals surface area contributed by atoms with E-state index in [0.717, 1.165) is 16.8 Å². The zero-order valence-electron chi connectivity index (χ0n) is 17.1. The Bertz CT molecular complexity index is 1260. The summed E-state index contributed by atoms with van der Waals surface area (Å²) in [5.41, 5.74) is 3.64. The fourth-order valence-electron chi connectivity index (χ4n) is 3.05. The fourth-order valence-corrected chi connectivity index (χ4v) is 3.05. The predicted molar refractivity (Wildman–Crippen MR) is 108 cm³/mol. The van der Waals surface area contributed by atoms with Crippen molar-refractivity contribution in [3.05, 3.63) is 69.9 Å². The Morgan fingerprint density at radius 1 is 1.03 bits per heavy atom. The first-order valence-electron chi connectivity index (χ1n) is 9.26. The lowest BCUT2D eigenvalue weighted by Crippen LogP contribution is -2.23. The SMILES string of the molecule is COc1nc(C)ccc1-n1ccc(OCc2c(C)cccc2-n2nnn(C)c2=O)n1. The Labute approximate surface area is 172 Å². The van der Waals surface area contributed by atoms with E-state index >= 15 is 0 Å². The van der Waals surface area contributed by atoms with E-state index in [4.69, 9.17) is 9.47 Å². The van der Waals surface area contributed by atoms with Crippen LogP contribution >= 0.6 is 0 Å². The number of hydrogen-bond acceptors (Lipinski definition) is 7. The van der Waals surface area contributed by atoms with Crippen molar-refractivity contribution in [3.63, 3.8) is 0 Å². The van der Waals surface area contributed by atoms with Crippen LogP contribution in [0.4, 0.5) is 0 Å². The number of pyridine rings is 1. The normalized spacial score (nSPS) is 10.9. The molecule has 0 aliphatic rings. The first-order valence-corrected chi connectivity index (χ1v) is 9.26. The Hall–Kier alpha value is -3.95. The molecule has 0 amide bonds. The molecule has 154 valence electrons. The molecule has 0 bridgehead atoms. The molecular weight excluding hydrogens is 386 g/mol. The van der Waals surface area contributed by atoms with Crippen LogP contribution in [0.25, 0.3) is 11.4 Å². The van der Waals surface area contributed by atoms with Crippen LogP contribution in [0.1, 0.15) is 16.8 Å². The average molecular weight is 407 g/mol. The van der Waals surface area contributed by atoms with Gasteiger partial charge in [0.25, 0.3) is 0 Å². The molecule has 10 nitrogen and oxygen atoms in total. The van der Waals surface area contributed by atoms with E-state index in [0.29, 0.717) is 23.1 Å². The predicted octanol–water partition coefficient (Wildman–Crippen LogP) is 1.75. The summed E-state index contributed by atoms with van der Waals surface area (Å²) in [7, 11) is 3.12. The van der Waals surface area contributed by atoms with Gasteiger partial charge < -0.3 is 9.47 Å². The smallest absolute Gasteiger partial charge is 0.368 e. The molecule has 0 spiro atoms. The van der Waals surface area contributed by atoms with Crippen molar-refractivity contribution < 1.29 is 9.47 Å². The fraction of sp³-hybridized carbons (Fsp3) is 0.250. The van der Waals surface area contributed by atoms with Gasteiger partial charge in [-0.3, -0.25) is 0 Å². The average Bonchev–Trinajstić information content (AvgIpc) is 3.34. The maximum atomic E-state index is 12.3. The van der Waals surface area contributed by atoms with E-state index in [9.17, 15) is 4.79 Å². The van der Waals surface area contributed by atoms with Crippen molar-refractivity contribution >= 4 is 0 Å². The third kappa shape index (κ3) is 3.54. The summed E-state index contributed by atoms with van der Waals surface area (Å²) in [4.78, 5) is 16.6. The lowest BCUT2D eigenvalue weighted by molar-refractivity contribution is 0.290. The van der Waals surface area contributed by atoms with Gasteiger partial charge in [-0.25, -0.2) is 14.5 Å². The second-order valence-corrected chi connectivity index (χ2v) is 6.74. The summed E-state index contributed by atoms with van der Waals surface area (Å²) in [5, 5.41) is 12.2. The summed E-state index contributed by atoms with van der Waals surface area (Å²) >= 11 is 0. The molecule has 4 rings (SSSR count). The molecule has 0 unspecified atom stereocenters. The number of hydrogen-bond donors (Lipinski definition) is 0. The zero-order valence-corrected chi connectivity index (χ0v) is 17.1. The molecule has 4 aromatic rings. The van der Waals surface area contributed by atoms with Gasteiger partial charge in [0.1, 0.15) is 12.3 Å². The standard InChI is InChI=1S/C20H21N7O3/c1-13-6-5-7-16(27-20(28)25(3)23-24-27)15(13)12-30-18-10-11-26(22-18)17-9-8-14(2)21-19(17)29-4/h5-11H,12H2,1-4H3. The first-order chi connectivity index (χ1) is 14.5. The van der Waals surface area contributed by atoms with Gasteiger partial charge in [0.05, 0.1) is 12.8 Å². The topological polar surface area (TPSA) is 102 Å². The summed E-state index contributed by atoms with van der Waals surface area (Å²) in [5.74, 6) is 0.909. The highest BCUT2D eigenvalue weighted by Gasteiger charge is 2.15. The number of ether oxygens (including phenoxy) is 2. The van der Waals surface area contributed by atoms with Crippen LogP contribution in [0, 0.1) is 13.8 Å². The first kappa shape index (κ1) is 19.4. The Morgan fingerprint density at radius 3 is 2.60 bits per heavy atom. The van der Waals surface area contributed by atoms with Gasteiger partial charge in [0.2, 0.25) is 11.8 Å². The molecule has 0 atom stereocenters. The molecule has 0 radical (unpaired) electrons. The molecule has 0 aliphatic heterocycles. The Balaban J connectivity index is 1.60. The highest BCUT2D eigenvalue weighted by Crippen LogP contribution is 2.23. The van der Waals surface area contributed by atoms with Gasteiger partial charge >= 0.3 is 5.69 Å². The molecule has 3 aromatic heterocycles. The monoisotopic (exact) mass is 407 g/mol. The second kappa shape index (κ2) is 7.82. The third-order valence-corrected chi connectivity index (χ3v) is 4.68. The van der Waals surface area contributed by atoms with Gasteiger partial charge in [-0.05, 0) is 48.0 Å². The van der Waals surface area contributed by atoms with Crippen LogP contribution in [-0.4, -0.2) is 41.7 Å². The number of benzene rings is 1. The molecule has 0 fully saturated rings. The van der Waals surface area contributed by atoms with Crippen LogP contribution < -0.4 is 15.2 Å². The van der Waals surface area contributed by atoms with Gasteiger partial charge in [0.15, 0.2) is 0 Å². The van der Waals surface area contributed by atoms with Crippen molar-refractivity contribution in [2.24, 2.45) is 7.05 Å². The zero-order chi connectivity index (χ0) is 21.3. The lowest BCUT2D eigenvalue weighted by atomic mass is 10.1. The maximum Gasteiger partial charge on any atom is 0.368 e. The van der Waals surface area contributed by atoms with E-state index in [1.54, 1.807) is 31.1 Å². The number of rotatable bonds is 6. The minimum Gasteiger partial charge on any atom is -0.479 e. The van der Waals surface area contributed by atoms with Crippen LogP contribution in [0.3, 0.4) is 0 Å². The molecule has 0 saturated heterocycles. The van der Waals surface area contributed by atoms with E-state index < -0.39 is 0 Å². The largest absolute Gasteiger partial charge is 0.479 e. The Morgan fingerprint density at radius 2 is 1.87 bits per heavy atom. The van der Waals surface area contributed by atoms with Gasteiger partial charge in [0, 0.05) is 30.6 Å². The summed E-state index contributed by atoms with van der Waals surface area (Å²) in [6, 6.07) is 11.1. The number of aromatic nitrogens is 7. The number of nitrogens with zero attached hydrogens (tertiary/aromatic N) is 7. The summed E-state index contributed by atoms with van der Waals surface area (Å²) in [6.45, 7) is 4.06. The quantitative estimate of drug-likeness (QED) is 0.480. The Kier molecular flexibility index (Phi) is 5.05. The van der Waals surface area contributed by atoms with Crippen LogP contribution in [-0.2, 0) is 13.7 Å². The van der Waals surface area contributed by atoms with E-state index in [2.05, 4.69) is 20.5 Å². The van der Waals surface area contributed by atoms with Crippen molar-refractivity contribution in [2.75, 3.05) is 7.11 Å². The molecule has 30 heavy (non-hydrogen) atoms. The molecule has 0 saturated carbocycles. The molecular formula is C20H21N7O3. The van der Waals surface area contributed by atoms with Gasteiger partial charge in [-0.15, -0.1) is 5.10 Å². The van der Waals surface area contributed by atoms with Crippen LogP contribution in [0.5, 0.6) is 11.8 Å². The van der Waals surface area contributed by atoms with Crippen molar-refractivity contribution in [3.8, 4) is 23.1 Å². The summed E-state index contributed by atoms with van der Waals surface area (Å²) in [6.07, 6.45) is 1.77.